The highest BCUT2D eigenvalue weighted by Crippen LogP contribution is 2.13. The van der Waals surface area contributed by atoms with Crippen LogP contribution in [0.4, 0.5) is 0 Å². The summed E-state index contributed by atoms with van der Waals surface area (Å²) < 4.78 is 5.35. The molecule has 1 atom stereocenters. The summed E-state index contributed by atoms with van der Waals surface area (Å²) in [6, 6.07) is 3.67. The molecule has 1 aromatic rings. The van der Waals surface area contributed by atoms with E-state index in [9.17, 15) is 4.79 Å². The van der Waals surface area contributed by atoms with Gasteiger partial charge < -0.3 is 9.64 Å². The molecule has 1 unspecified atom stereocenters. The van der Waals surface area contributed by atoms with Crippen LogP contribution < -0.4 is 0 Å². The van der Waals surface area contributed by atoms with Crippen LogP contribution in [0.3, 0.4) is 0 Å². The van der Waals surface area contributed by atoms with E-state index in [0.29, 0.717) is 25.3 Å². The maximum atomic E-state index is 12.2. The fraction of sp³-hybridized carbons (Fsp3) is 0.455. The highest BCUT2D eigenvalue weighted by molar-refractivity contribution is 9.09. The van der Waals surface area contributed by atoms with E-state index in [1.807, 2.05) is 4.90 Å². The van der Waals surface area contributed by atoms with Crippen LogP contribution in [0, 0.1) is 0 Å². The summed E-state index contributed by atoms with van der Waals surface area (Å²) in [7, 11) is 0. The summed E-state index contributed by atoms with van der Waals surface area (Å²) in [5, 5.41) is 0.735. The van der Waals surface area contributed by atoms with Crippen LogP contribution in [-0.4, -0.2) is 46.9 Å². The van der Waals surface area contributed by atoms with Crippen LogP contribution in [0.5, 0.6) is 0 Å². The number of nitrogens with zero attached hydrogens (tertiary/aromatic N) is 2. The number of amides is 1. The molecular weight excluding hydrogens is 272 g/mol. The normalized spacial score (nSPS) is 20.8. The topological polar surface area (TPSA) is 42.4 Å². The molecule has 16 heavy (non-hydrogen) atoms. The summed E-state index contributed by atoms with van der Waals surface area (Å²) >= 11 is 3.40. The molecule has 4 nitrogen and oxygen atoms in total. The van der Waals surface area contributed by atoms with Crippen LogP contribution in [0.2, 0.25) is 0 Å². The second-order valence-corrected chi connectivity index (χ2v) is 4.27. The van der Waals surface area contributed by atoms with Crippen molar-refractivity contribution in [2.75, 3.05) is 25.1 Å². The Morgan fingerprint density at radius 1 is 1.69 bits per heavy atom. The van der Waals surface area contributed by atoms with Gasteiger partial charge >= 0.3 is 0 Å². The molecule has 0 aliphatic carbocycles. The van der Waals surface area contributed by atoms with E-state index in [1.165, 1.54) is 0 Å². The van der Waals surface area contributed by atoms with Crippen molar-refractivity contribution in [3.05, 3.63) is 30.1 Å². The number of morpholine rings is 1. The van der Waals surface area contributed by atoms with Crippen LogP contribution >= 0.6 is 15.9 Å². The molecule has 1 aliphatic rings. The van der Waals surface area contributed by atoms with Crippen molar-refractivity contribution in [2.24, 2.45) is 0 Å². The van der Waals surface area contributed by atoms with E-state index in [0.717, 1.165) is 5.33 Å². The predicted molar refractivity (Wildman–Crippen MR) is 63.7 cm³/mol. The number of alkyl halides is 1. The van der Waals surface area contributed by atoms with Gasteiger partial charge in [0.15, 0.2) is 0 Å². The van der Waals surface area contributed by atoms with Gasteiger partial charge in [-0.3, -0.25) is 9.78 Å². The number of hydrogen-bond donors (Lipinski definition) is 0. The quantitative estimate of drug-likeness (QED) is 0.770. The SMILES string of the molecule is O=C(c1cccnc1)N1CCOCC1CBr. The molecular formula is C11H13BrN2O2. The third kappa shape index (κ3) is 2.41. The minimum atomic E-state index is 0.0286. The Bertz CT molecular complexity index is 358. The third-order valence-electron chi connectivity index (χ3n) is 2.58. The second kappa shape index (κ2) is 5.41. The number of halogens is 1. The van der Waals surface area contributed by atoms with Gasteiger partial charge in [0.25, 0.3) is 5.91 Å². The van der Waals surface area contributed by atoms with Gasteiger partial charge in [-0.25, -0.2) is 0 Å². The Morgan fingerprint density at radius 3 is 3.25 bits per heavy atom. The molecule has 0 N–H and O–H groups in total. The molecule has 1 fully saturated rings. The van der Waals surface area contributed by atoms with E-state index in [1.54, 1.807) is 24.5 Å². The highest BCUT2D eigenvalue weighted by atomic mass is 79.9. The minimum Gasteiger partial charge on any atom is -0.377 e. The molecule has 2 rings (SSSR count). The number of aromatic nitrogens is 1. The van der Waals surface area contributed by atoms with Gasteiger partial charge in [0.2, 0.25) is 0 Å². The zero-order chi connectivity index (χ0) is 11.4. The summed E-state index contributed by atoms with van der Waals surface area (Å²) in [5.74, 6) is 0.0286. The average Bonchev–Trinajstić information content (AvgIpc) is 2.39. The Labute approximate surface area is 103 Å². The minimum absolute atomic E-state index is 0.0286. The van der Waals surface area contributed by atoms with Crippen molar-refractivity contribution in [1.82, 2.24) is 9.88 Å². The predicted octanol–water partition coefficient (Wildman–Crippen LogP) is 1.32. The average molecular weight is 285 g/mol. The number of pyridine rings is 1. The van der Waals surface area contributed by atoms with Crippen LogP contribution in [0.25, 0.3) is 0 Å². The zero-order valence-corrected chi connectivity index (χ0v) is 10.4. The molecule has 1 aromatic heterocycles. The maximum absolute atomic E-state index is 12.2. The van der Waals surface area contributed by atoms with Crippen LogP contribution in [0.1, 0.15) is 10.4 Å². The lowest BCUT2D eigenvalue weighted by atomic mass is 10.2. The van der Waals surface area contributed by atoms with E-state index >= 15 is 0 Å². The molecule has 0 spiro atoms. The first-order valence-corrected chi connectivity index (χ1v) is 6.30. The van der Waals surface area contributed by atoms with Crippen molar-refractivity contribution in [2.45, 2.75) is 6.04 Å². The molecule has 0 saturated carbocycles. The first-order valence-electron chi connectivity index (χ1n) is 5.17. The highest BCUT2D eigenvalue weighted by Gasteiger charge is 2.27. The number of carbonyl (C=O) groups is 1. The molecule has 1 amide bonds. The third-order valence-corrected chi connectivity index (χ3v) is 3.32. The first-order chi connectivity index (χ1) is 7.83. The van der Waals surface area contributed by atoms with Gasteiger partial charge in [0.1, 0.15) is 0 Å². The Balaban J connectivity index is 2.14. The molecule has 0 radical (unpaired) electrons. The molecule has 0 bridgehead atoms. The number of hydrogen-bond acceptors (Lipinski definition) is 3. The monoisotopic (exact) mass is 284 g/mol. The number of carbonyl (C=O) groups excluding carboxylic acids is 1. The molecule has 1 aliphatic heterocycles. The van der Waals surface area contributed by atoms with Gasteiger partial charge in [0.05, 0.1) is 24.8 Å². The van der Waals surface area contributed by atoms with Gasteiger partial charge in [-0.1, -0.05) is 15.9 Å². The number of ether oxygens (including phenoxy) is 1. The lowest BCUT2D eigenvalue weighted by molar-refractivity contribution is 0.00522. The van der Waals surface area contributed by atoms with E-state index in [4.69, 9.17) is 4.74 Å². The summed E-state index contributed by atoms with van der Waals surface area (Å²) in [6.07, 6.45) is 3.27. The fourth-order valence-electron chi connectivity index (χ4n) is 1.71. The van der Waals surface area contributed by atoms with Crippen LogP contribution in [-0.2, 0) is 4.74 Å². The number of rotatable bonds is 2. The van der Waals surface area contributed by atoms with E-state index < -0.39 is 0 Å². The fourth-order valence-corrected chi connectivity index (χ4v) is 2.24. The van der Waals surface area contributed by atoms with Gasteiger partial charge in [-0.05, 0) is 12.1 Å². The largest absolute Gasteiger partial charge is 0.377 e. The summed E-state index contributed by atoms with van der Waals surface area (Å²) in [4.78, 5) is 18.0. The first kappa shape index (κ1) is 11.5. The van der Waals surface area contributed by atoms with Gasteiger partial charge in [0, 0.05) is 24.3 Å². The zero-order valence-electron chi connectivity index (χ0n) is 8.80. The summed E-state index contributed by atoms with van der Waals surface area (Å²) in [6.45, 7) is 1.84. The Morgan fingerprint density at radius 2 is 2.56 bits per heavy atom. The van der Waals surface area contributed by atoms with Crippen molar-refractivity contribution < 1.29 is 9.53 Å². The van der Waals surface area contributed by atoms with Crippen molar-refractivity contribution in [1.29, 1.82) is 0 Å². The molecule has 5 heteroatoms. The molecule has 0 aromatic carbocycles. The van der Waals surface area contributed by atoms with E-state index in [2.05, 4.69) is 20.9 Å². The molecule has 1 saturated heterocycles. The molecule has 2 heterocycles. The van der Waals surface area contributed by atoms with Gasteiger partial charge in [-0.2, -0.15) is 0 Å². The van der Waals surface area contributed by atoms with Crippen molar-refractivity contribution >= 4 is 21.8 Å². The van der Waals surface area contributed by atoms with Gasteiger partial charge in [-0.15, -0.1) is 0 Å². The Hall–Kier alpha value is -0.940. The lowest BCUT2D eigenvalue weighted by Crippen LogP contribution is -2.49. The lowest BCUT2D eigenvalue weighted by Gasteiger charge is -2.34. The standard InChI is InChI=1S/C11H13BrN2O2/c12-6-10-8-16-5-4-14(10)11(15)9-2-1-3-13-7-9/h1-3,7,10H,4-6,8H2. The van der Waals surface area contributed by atoms with Crippen LogP contribution in [0.15, 0.2) is 24.5 Å². The maximum Gasteiger partial charge on any atom is 0.255 e. The van der Waals surface area contributed by atoms with E-state index in [-0.39, 0.29) is 11.9 Å². The molecule has 86 valence electrons. The van der Waals surface area contributed by atoms with Crippen molar-refractivity contribution in [3.8, 4) is 0 Å². The van der Waals surface area contributed by atoms with Crippen molar-refractivity contribution in [3.63, 3.8) is 0 Å². The smallest absolute Gasteiger partial charge is 0.255 e. The Kier molecular flexibility index (Phi) is 3.90. The second-order valence-electron chi connectivity index (χ2n) is 3.62. The summed E-state index contributed by atoms with van der Waals surface area (Å²) in [5.41, 5.74) is 0.635.